The molecule has 0 saturated carbocycles. The van der Waals surface area contributed by atoms with Crippen molar-refractivity contribution >= 4 is 11.9 Å². The zero-order valence-electron chi connectivity index (χ0n) is 14.4. The second kappa shape index (κ2) is 9.74. The second-order valence-electron chi connectivity index (χ2n) is 5.94. The quantitative estimate of drug-likeness (QED) is 0.283. The molecule has 1 rings (SSSR count). The van der Waals surface area contributed by atoms with Gasteiger partial charge in [0.05, 0.1) is 6.54 Å². The summed E-state index contributed by atoms with van der Waals surface area (Å²) in [6.07, 6.45) is -0.473. The topological polar surface area (TPSA) is 121 Å². The lowest BCUT2D eigenvalue weighted by atomic mass is 10.2. The van der Waals surface area contributed by atoms with Gasteiger partial charge in [-0.05, 0) is 45.0 Å². The van der Waals surface area contributed by atoms with Gasteiger partial charge in [-0.3, -0.25) is 4.99 Å². The van der Waals surface area contributed by atoms with Crippen LogP contribution in [0.2, 0.25) is 0 Å². The second-order valence-corrected chi connectivity index (χ2v) is 5.94. The molecule has 5 N–H and O–H groups in total. The van der Waals surface area contributed by atoms with Crippen LogP contribution in [0.1, 0.15) is 26.3 Å². The van der Waals surface area contributed by atoms with Crippen molar-refractivity contribution in [1.29, 1.82) is 0 Å². The Hall–Kier alpha value is -2.32. The van der Waals surface area contributed by atoms with E-state index < -0.39 is 11.7 Å². The standard InChI is InChI=1S/C16H26N4O4/c1-16(2,3)24-15(21)20-9-8-19-14(17)12-4-6-13(7-5-12)22-10-11-23-18/h4-7H,8-11,18H2,1-3H3,(H2,17,19)(H,20,21). The molecule has 1 aromatic carbocycles. The lowest BCUT2D eigenvalue weighted by molar-refractivity contribution is 0.0529. The molecule has 134 valence electrons. The summed E-state index contributed by atoms with van der Waals surface area (Å²) >= 11 is 0. The smallest absolute Gasteiger partial charge is 0.407 e. The van der Waals surface area contributed by atoms with Crippen LogP contribution in [0.3, 0.4) is 0 Å². The Morgan fingerprint density at radius 2 is 1.88 bits per heavy atom. The molecule has 0 atom stereocenters. The van der Waals surface area contributed by atoms with Crippen molar-refractivity contribution in [1.82, 2.24) is 5.32 Å². The highest BCUT2D eigenvalue weighted by molar-refractivity contribution is 5.97. The third kappa shape index (κ3) is 8.35. The van der Waals surface area contributed by atoms with Gasteiger partial charge in [-0.15, -0.1) is 0 Å². The Balaban J connectivity index is 2.39. The van der Waals surface area contributed by atoms with Crippen molar-refractivity contribution in [2.24, 2.45) is 16.6 Å². The summed E-state index contributed by atoms with van der Waals surface area (Å²) in [7, 11) is 0. The van der Waals surface area contributed by atoms with Crippen molar-refractivity contribution in [3.05, 3.63) is 29.8 Å². The number of amidine groups is 1. The van der Waals surface area contributed by atoms with Gasteiger partial charge in [0.2, 0.25) is 0 Å². The predicted molar refractivity (Wildman–Crippen MR) is 91.9 cm³/mol. The van der Waals surface area contributed by atoms with E-state index >= 15 is 0 Å². The normalized spacial score (nSPS) is 11.9. The Morgan fingerprint density at radius 1 is 1.21 bits per heavy atom. The van der Waals surface area contributed by atoms with E-state index in [1.54, 1.807) is 45.0 Å². The number of nitrogens with one attached hydrogen (secondary N) is 1. The first-order valence-corrected chi connectivity index (χ1v) is 7.63. The Morgan fingerprint density at radius 3 is 2.46 bits per heavy atom. The fourth-order valence-electron chi connectivity index (χ4n) is 1.67. The largest absolute Gasteiger partial charge is 0.491 e. The number of aliphatic imine (C=N–C) groups is 1. The Bertz CT molecular complexity index is 538. The predicted octanol–water partition coefficient (Wildman–Crippen LogP) is 1.19. The average molecular weight is 338 g/mol. The van der Waals surface area contributed by atoms with Crippen molar-refractivity contribution in [3.63, 3.8) is 0 Å². The number of nitrogens with two attached hydrogens (primary N) is 2. The van der Waals surface area contributed by atoms with E-state index in [2.05, 4.69) is 15.1 Å². The number of amides is 1. The first-order valence-electron chi connectivity index (χ1n) is 7.63. The highest BCUT2D eigenvalue weighted by Gasteiger charge is 2.15. The van der Waals surface area contributed by atoms with Crippen LogP contribution < -0.4 is 21.7 Å². The molecular weight excluding hydrogens is 312 g/mol. The van der Waals surface area contributed by atoms with Gasteiger partial charge in [-0.2, -0.15) is 0 Å². The fourth-order valence-corrected chi connectivity index (χ4v) is 1.67. The number of rotatable bonds is 8. The van der Waals surface area contributed by atoms with Gasteiger partial charge >= 0.3 is 6.09 Å². The molecular formula is C16H26N4O4. The molecule has 0 fully saturated rings. The van der Waals surface area contributed by atoms with Crippen molar-refractivity contribution in [2.75, 3.05) is 26.3 Å². The molecule has 0 aliphatic heterocycles. The van der Waals surface area contributed by atoms with E-state index in [4.69, 9.17) is 21.1 Å². The molecule has 0 bridgehead atoms. The van der Waals surface area contributed by atoms with Crippen LogP contribution in [0, 0.1) is 0 Å². The van der Waals surface area contributed by atoms with E-state index in [1.807, 2.05) is 0 Å². The maximum absolute atomic E-state index is 11.5. The molecule has 8 heteroatoms. The minimum Gasteiger partial charge on any atom is -0.491 e. The summed E-state index contributed by atoms with van der Waals surface area (Å²) in [4.78, 5) is 20.1. The van der Waals surface area contributed by atoms with Gasteiger partial charge in [0.25, 0.3) is 0 Å². The number of benzene rings is 1. The molecule has 0 heterocycles. The lowest BCUT2D eigenvalue weighted by Gasteiger charge is -2.19. The van der Waals surface area contributed by atoms with Gasteiger partial charge in [0, 0.05) is 12.1 Å². The van der Waals surface area contributed by atoms with Crippen LogP contribution in [-0.2, 0) is 9.57 Å². The number of carbonyl (C=O) groups excluding carboxylic acids is 1. The number of hydrogen-bond acceptors (Lipinski definition) is 6. The fraction of sp³-hybridized carbons (Fsp3) is 0.500. The van der Waals surface area contributed by atoms with Gasteiger partial charge in [0.15, 0.2) is 0 Å². The molecule has 0 aromatic heterocycles. The molecule has 1 amide bonds. The van der Waals surface area contributed by atoms with Gasteiger partial charge < -0.3 is 25.4 Å². The molecule has 0 radical (unpaired) electrons. The molecule has 0 unspecified atom stereocenters. The van der Waals surface area contributed by atoms with Crippen LogP contribution >= 0.6 is 0 Å². The molecule has 0 aliphatic carbocycles. The van der Waals surface area contributed by atoms with E-state index in [0.29, 0.717) is 37.9 Å². The highest BCUT2D eigenvalue weighted by atomic mass is 16.6. The van der Waals surface area contributed by atoms with E-state index in [9.17, 15) is 4.79 Å². The number of nitrogens with zero attached hydrogens (tertiary/aromatic N) is 1. The Labute approximate surface area is 142 Å². The maximum atomic E-state index is 11.5. The third-order valence-electron chi connectivity index (χ3n) is 2.68. The molecule has 1 aromatic rings. The average Bonchev–Trinajstić information content (AvgIpc) is 2.50. The first kappa shape index (κ1) is 19.7. The van der Waals surface area contributed by atoms with Crippen molar-refractivity contribution < 1.29 is 19.1 Å². The number of alkyl carbamates (subject to hydrolysis) is 1. The van der Waals surface area contributed by atoms with Crippen molar-refractivity contribution in [2.45, 2.75) is 26.4 Å². The summed E-state index contributed by atoms with van der Waals surface area (Å²) in [6, 6.07) is 7.18. The molecule has 8 nitrogen and oxygen atoms in total. The number of carbonyl (C=O) groups is 1. The van der Waals surface area contributed by atoms with Crippen LogP contribution in [0.25, 0.3) is 0 Å². The van der Waals surface area contributed by atoms with Crippen LogP contribution in [0.15, 0.2) is 29.3 Å². The van der Waals surface area contributed by atoms with Gasteiger partial charge in [0.1, 0.15) is 30.4 Å². The molecule has 0 saturated heterocycles. The van der Waals surface area contributed by atoms with Crippen molar-refractivity contribution in [3.8, 4) is 5.75 Å². The Kier molecular flexibility index (Phi) is 8.00. The van der Waals surface area contributed by atoms with Gasteiger partial charge in [-0.1, -0.05) is 0 Å². The molecule has 24 heavy (non-hydrogen) atoms. The zero-order valence-corrected chi connectivity index (χ0v) is 14.4. The number of hydrogen-bond donors (Lipinski definition) is 3. The minimum absolute atomic E-state index is 0.315. The third-order valence-corrected chi connectivity index (χ3v) is 2.68. The highest BCUT2D eigenvalue weighted by Crippen LogP contribution is 2.12. The van der Waals surface area contributed by atoms with E-state index in [1.165, 1.54) is 0 Å². The summed E-state index contributed by atoms with van der Waals surface area (Å²) < 4.78 is 10.5. The van der Waals surface area contributed by atoms with E-state index in [0.717, 1.165) is 5.56 Å². The molecule has 0 spiro atoms. The monoisotopic (exact) mass is 338 g/mol. The minimum atomic E-state index is -0.521. The SMILES string of the molecule is CC(C)(C)OC(=O)NCCN=C(N)c1ccc(OCCON)cc1. The number of ether oxygens (including phenoxy) is 2. The lowest BCUT2D eigenvalue weighted by Crippen LogP contribution is -2.34. The van der Waals surface area contributed by atoms with Crippen LogP contribution in [0.4, 0.5) is 4.79 Å². The summed E-state index contributed by atoms with van der Waals surface area (Å²) in [5.74, 6) is 5.99. The molecule has 0 aliphatic rings. The summed E-state index contributed by atoms with van der Waals surface area (Å²) in [5, 5.41) is 2.62. The summed E-state index contributed by atoms with van der Waals surface area (Å²) in [5.41, 5.74) is 6.17. The summed E-state index contributed by atoms with van der Waals surface area (Å²) in [6.45, 7) is 6.80. The van der Waals surface area contributed by atoms with E-state index in [-0.39, 0.29) is 0 Å². The maximum Gasteiger partial charge on any atom is 0.407 e. The van der Waals surface area contributed by atoms with Gasteiger partial charge in [-0.25, -0.2) is 10.7 Å². The van der Waals surface area contributed by atoms with Crippen LogP contribution in [-0.4, -0.2) is 43.8 Å². The first-order chi connectivity index (χ1) is 11.3. The van der Waals surface area contributed by atoms with Crippen LogP contribution in [0.5, 0.6) is 5.75 Å². The zero-order chi connectivity index (χ0) is 18.0.